The molecule has 26 heavy (non-hydrogen) atoms. The highest BCUT2D eigenvalue weighted by molar-refractivity contribution is 5.84. The largest absolute Gasteiger partial charge is 0.357 e. The highest BCUT2D eigenvalue weighted by Gasteiger charge is 2.26. The number of fused-ring (bicyclic) bond motifs is 2. The van der Waals surface area contributed by atoms with Crippen molar-refractivity contribution in [2.45, 2.75) is 31.8 Å². The first kappa shape index (κ1) is 15.7. The molecular weight excluding hydrogens is 318 g/mol. The normalized spacial score (nSPS) is 18.7. The number of para-hydroxylation sites is 2. The third-order valence-electron chi connectivity index (χ3n) is 5.88. The summed E-state index contributed by atoms with van der Waals surface area (Å²) < 4.78 is 2.26. The van der Waals surface area contributed by atoms with Crippen LogP contribution in [0.25, 0.3) is 21.8 Å². The molecule has 1 aliphatic heterocycles. The van der Waals surface area contributed by atoms with Gasteiger partial charge in [-0.25, -0.2) is 0 Å². The lowest BCUT2D eigenvalue weighted by molar-refractivity contribution is 0.138. The maximum Gasteiger partial charge on any atom is 0.0502 e. The molecule has 0 amide bonds. The van der Waals surface area contributed by atoms with Crippen LogP contribution in [0.2, 0.25) is 0 Å². The van der Waals surface area contributed by atoms with E-state index in [2.05, 4.69) is 82.3 Å². The van der Waals surface area contributed by atoms with Crippen molar-refractivity contribution in [3.05, 3.63) is 72.1 Å². The first-order valence-electron chi connectivity index (χ1n) is 9.64. The molecular formula is C23H25N3. The van der Waals surface area contributed by atoms with Crippen LogP contribution >= 0.6 is 0 Å². The van der Waals surface area contributed by atoms with Crippen LogP contribution in [0.1, 0.15) is 36.6 Å². The molecule has 3 nitrogen and oxygen atoms in total. The fraction of sp³-hybridized carbons (Fsp3) is 0.304. The molecule has 2 aromatic heterocycles. The summed E-state index contributed by atoms with van der Waals surface area (Å²) in [5.74, 6) is 0. The number of hydrogen-bond acceptors (Lipinski definition) is 1. The molecule has 2 aromatic carbocycles. The number of aryl methyl sites for hydroxylation is 1. The van der Waals surface area contributed by atoms with E-state index in [1.807, 2.05) is 0 Å². The fourth-order valence-corrected chi connectivity index (χ4v) is 4.58. The van der Waals surface area contributed by atoms with Gasteiger partial charge < -0.3 is 9.55 Å². The minimum atomic E-state index is 0.482. The van der Waals surface area contributed by atoms with Crippen molar-refractivity contribution in [3.8, 4) is 0 Å². The van der Waals surface area contributed by atoms with E-state index in [-0.39, 0.29) is 0 Å². The monoisotopic (exact) mass is 343 g/mol. The maximum absolute atomic E-state index is 3.68. The summed E-state index contributed by atoms with van der Waals surface area (Å²) in [6, 6.07) is 20.2. The van der Waals surface area contributed by atoms with Gasteiger partial charge in [0, 0.05) is 41.9 Å². The Kier molecular flexibility index (Phi) is 3.83. The number of nitrogens with zero attached hydrogens (tertiary/aromatic N) is 2. The second-order valence-corrected chi connectivity index (χ2v) is 7.58. The zero-order valence-corrected chi connectivity index (χ0v) is 15.3. The third kappa shape index (κ3) is 2.63. The molecule has 0 saturated carbocycles. The molecule has 1 saturated heterocycles. The van der Waals surface area contributed by atoms with E-state index in [1.54, 1.807) is 0 Å². The van der Waals surface area contributed by atoms with Crippen LogP contribution in [0, 0.1) is 0 Å². The average molecular weight is 343 g/mol. The first-order valence-corrected chi connectivity index (χ1v) is 9.64. The summed E-state index contributed by atoms with van der Waals surface area (Å²) in [5, 5.41) is 2.70. The smallest absolute Gasteiger partial charge is 0.0502 e. The molecule has 1 unspecified atom stereocenters. The van der Waals surface area contributed by atoms with E-state index in [9.17, 15) is 0 Å². The zero-order chi connectivity index (χ0) is 17.5. The summed E-state index contributed by atoms with van der Waals surface area (Å²) >= 11 is 0. The van der Waals surface area contributed by atoms with Gasteiger partial charge in [0.25, 0.3) is 0 Å². The van der Waals surface area contributed by atoms with E-state index < -0.39 is 0 Å². The van der Waals surface area contributed by atoms with Crippen molar-refractivity contribution in [2.75, 3.05) is 6.54 Å². The number of aromatic amines is 1. The highest BCUT2D eigenvalue weighted by atomic mass is 15.2. The molecule has 132 valence electrons. The van der Waals surface area contributed by atoms with Gasteiger partial charge in [0.2, 0.25) is 0 Å². The van der Waals surface area contributed by atoms with Crippen molar-refractivity contribution in [1.82, 2.24) is 14.5 Å². The van der Waals surface area contributed by atoms with Crippen LogP contribution in [0.4, 0.5) is 0 Å². The number of piperidine rings is 1. The topological polar surface area (TPSA) is 24.0 Å². The Labute approximate surface area is 154 Å². The Balaban J connectivity index is 1.49. The first-order chi connectivity index (χ1) is 12.8. The number of nitrogens with one attached hydrogen (secondary N) is 1. The molecule has 0 radical (unpaired) electrons. The minimum Gasteiger partial charge on any atom is -0.357 e. The lowest BCUT2D eigenvalue weighted by atomic mass is 9.98. The minimum absolute atomic E-state index is 0.482. The van der Waals surface area contributed by atoms with Gasteiger partial charge in [-0.1, -0.05) is 42.8 Å². The molecule has 1 aliphatic rings. The standard InChI is InChI=1S/C23H25N3/c1-25-15-18(19-9-3-5-11-22(19)25)16-26-13-7-6-12-23(26)21-14-17-8-2-4-10-20(17)24-21/h2-5,8-11,14-15,23-24H,6-7,12-13,16H2,1H3. The van der Waals surface area contributed by atoms with Gasteiger partial charge in [-0.2, -0.15) is 0 Å². The molecule has 3 heteroatoms. The average Bonchev–Trinajstić information content (AvgIpc) is 3.24. The van der Waals surface area contributed by atoms with E-state index >= 15 is 0 Å². The summed E-state index contributed by atoms with van der Waals surface area (Å²) in [7, 11) is 2.15. The number of aromatic nitrogens is 2. The Bertz CT molecular complexity index is 1020. The molecule has 3 heterocycles. The number of rotatable bonds is 3. The van der Waals surface area contributed by atoms with Crippen LogP contribution in [0.5, 0.6) is 0 Å². The summed E-state index contributed by atoms with van der Waals surface area (Å²) in [4.78, 5) is 6.34. The second-order valence-electron chi connectivity index (χ2n) is 7.58. The van der Waals surface area contributed by atoms with E-state index in [0.29, 0.717) is 6.04 Å². The van der Waals surface area contributed by atoms with Gasteiger partial charge in [-0.3, -0.25) is 4.90 Å². The van der Waals surface area contributed by atoms with Crippen molar-refractivity contribution in [2.24, 2.45) is 7.05 Å². The van der Waals surface area contributed by atoms with Crippen molar-refractivity contribution in [1.29, 1.82) is 0 Å². The van der Waals surface area contributed by atoms with Crippen LogP contribution in [-0.2, 0) is 13.6 Å². The maximum atomic E-state index is 3.68. The van der Waals surface area contributed by atoms with Crippen LogP contribution in [-0.4, -0.2) is 21.0 Å². The number of benzene rings is 2. The van der Waals surface area contributed by atoms with Gasteiger partial charge in [-0.15, -0.1) is 0 Å². The Morgan fingerprint density at radius 1 is 1.04 bits per heavy atom. The Morgan fingerprint density at radius 3 is 2.81 bits per heavy atom. The molecule has 5 rings (SSSR count). The molecule has 1 atom stereocenters. The molecule has 0 spiro atoms. The molecule has 4 aromatic rings. The van der Waals surface area contributed by atoms with E-state index in [1.165, 1.54) is 58.9 Å². The molecule has 0 bridgehead atoms. The molecule has 0 aliphatic carbocycles. The van der Waals surface area contributed by atoms with Gasteiger partial charge in [-0.05, 0) is 48.5 Å². The number of likely N-dealkylation sites (tertiary alicyclic amines) is 1. The highest BCUT2D eigenvalue weighted by Crippen LogP contribution is 2.34. The van der Waals surface area contributed by atoms with Crippen LogP contribution < -0.4 is 0 Å². The summed E-state index contributed by atoms with van der Waals surface area (Å²) in [6.07, 6.45) is 6.15. The van der Waals surface area contributed by atoms with E-state index in [4.69, 9.17) is 0 Å². The van der Waals surface area contributed by atoms with Crippen LogP contribution in [0.3, 0.4) is 0 Å². The molecule has 1 N–H and O–H groups in total. The third-order valence-corrected chi connectivity index (χ3v) is 5.88. The van der Waals surface area contributed by atoms with Gasteiger partial charge in [0.1, 0.15) is 0 Å². The predicted octanol–water partition coefficient (Wildman–Crippen LogP) is 5.39. The quantitative estimate of drug-likeness (QED) is 0.530. The van der Waals surface area contributed by atoms with Gasteiger partial charge in [0.15, 0.2) is 0 Å². The second kappa shape index (κ2) is 6.33. The van der Waals surface area contributed by atoms with E-state index in [0.717, 1.165) is 6.54 Å². The SMILES string of the molecule is Cn1cc(CN2CCCCC2c2cc3ccccc3[nH]2)c2ccccc21. The van der Waals surface area contributed by atoms with Gasteiger partial charge >= 0.3 is 0 Å². The number of H-pyrrole nitrogens is 1. The Morgan fingerprint density at radius 2 is 1.88 bits per heavy atom. The van der Waals surface area contributed by atoms with Crippen LogP contribution in [0.15, 0.2) is 60.8 Å². The number of hydrogen-bond donors (Lipinski definition) is 1. The lowest BCUT2D eigenvalue weighted by Gasteiger charge is -2.35. The summed E-state index contributed by atoms with van der Waals surface area (Å²) in [6.45, 7) is 2.19. The lowest BCUT2D eigenvalue weighted by Crippen LogP contribution is -2.33. The van der Waals surface area contributed by atoms with Gasteiger partial charge in [0.05, 0.1) is 6.04 Å². The zero-order valence-electron chi connectivity index (χ0n) is 15.3. The van der Waals surface area contributed by atoms with Crippen molar-refractivity contribution in [3.63, 3.8) is 0 Å². The predicted molar refractivity (Wildman–Crippen MR) is 108 cm³/mol. The Hall–Kier alpha value is -2.52. The van der Waals surface area contributed by atoms with Crippen molar-refractivity contribution < 1.29 is 0 Å². The molecule has 1 fully saturated rings. The fourth-order valence-electron chi connectivity index (χ4n) is 4.58. The van der Waals surface area contributed by atoms with Crippen molar-refractivity contribution >= 4 is 21.8 Å². The summed E-state index contributed by atoms with van der Waals surface area (Å²) in [5.41, 5.74) is 5.37.